The van der Waals surface area contributed by atoms with Gasteiger partial charge in [0.1, 0.15) is 16.4 Å². The van der Waals surface area contributed by atoms with Crippen molar-refractivity contribution in [2.75, 3.05) is 0 Å². The minimum atomic E-state index is -1.18. The number of nitro groups is 1. The lowest BCUT2D eigenvalue weighted by Gasteiger charge is -2.07. The maximum absolute atomic E-state index is 12.0. The van der Waals surface area contributed by atoms with Gasteiger partial charge in [0.15, 0.2) is 11.0 Å². The van der Waals surface area contributed by atoms with Crippen LogP contribution in [0.4, 0.5) is 5.69 Å². The van der Waals surface area contributed by atoms with E-state index >= 15 is 0 Å². The lowest BCUT2D eigenvalue weighted by Crippen LogP contribution is -2.02. The Hall–Kier alpha value is -3.60. The zero-order valence-electron chi connectivity index (χ0n) is 18.0. The van der Waals surface area contributed by atoms with Crippen LogP contribution in [0.25, 0.3) is 28.8 Å². The number of furan rings is 1. The second-order valence-corrected chi connectivity index (χ2v) is 8.95. The Morgan fingerprint density at radius 2 is 1.91 bits per heavy atom. The molecule has 1 N–H and O–H groups in total. The molecule has 2 aromatic heterocycles. The van der Waals surface area contributed by atoms with Crippen LogP contribution < -0.4 is 0 Å². The van der Waals surface area contributed by atoms with Crippen molar-refractivity contribution in [1.82, 2.24) is 14.8 Å². The highest BCUT2D eigenvalue weighted by Gasteiger charge is 2.20. The Kier molecular flexibility index (Phi) is 7.25. The molecule has 0 bridgehead atoms. The third-order valence-electron chi connectivity index (χ3n) is 4.87. The minimum Gasteiger partial charge on any atom is -0.477 e. The third kappa shape index (κ3) is 5.40. The fraction of sp³-hybridized carbons (Fsp3) is 0.0870. The van der Waals surface area contributed by atoms with Crippen molar-refractivity contribution in [1.29, 1.82) is 0 Å². The number of thioether (sulfide) groups is 1. The Morgan fingerprint density at radius 1 is 1.17 bits per heavy atom. The van der Waals surface area contributed by atoms with Crippen LogP contribution >= 0.6 is 35.0 Å². The fourth-order valence-electron chi connectivity index (χ4n) is 3.21. The number of rotatable bonds is 8. The Balaban J connectivity index is 1.65. The van der Waals surface area contributed by atoms with Crippen LogP contribution in [0.2, 0.25) is 10.0 Å². The predicted molar refractivity (Wildman–Crippen MR) is 133 cm³/mol. The quantitative estimate of drug-likeness (QED) is 0.116. The minimum absolute atomic E-state index is 0.0548. The van der Waals surface area contributed by atoms with Gasteiger partial charge in [-0.2, -0.15) is 0 Å². The first-order chi connectivity index (χ1) is 16.8. The number of carboxylic acids is 1. The zero-order chi connectivity index (χ0) is 25.1. The molecule has 0 saturated heterocycles. The molecule has 12 heteroatoms. The molecule has 4 rings (SSSR count). The zero-order valence-corrected chi connectivity index (χ0v) is 20.3. The summed E-state index contributed by atoms with van der Waals surface area (Å²) in [5.41, 5.74) is 0.972. The van der Waals surface area contributed by atoms with Gasteiger partial charge in [-0.05, 0) is 61.2 Å². The molecule has 2 aromatic carbocycles. The van der Waals surface area contributed by atoms with Crippen molar-refractivity contribution in [3.8, 4) is 22.7 Å². The highest BCUT2D eigenvalue weighted by Crippen LogP contribution is 2.35. The van der Waals surface area contributed by atoms with Crippen LogP contribution in [-0.2, 0) is 11.3 Å². The molecule has 0 aliphatic carbocycles. The number of carboxylic acid groups (broad SMARTS) is 1. The number of non-ortho nitro benzene ring substituents is 1. The molecule has 0 atom stereocenters. The summed E-state index contributed by atoms with van der Waals surface area (Å²) >= 11 is 13.1. The Labute approximate surface area is 213 Å². The SMILES string of the molecule is CCn1c(S/C(=C\c2ccc(-c3cc([N+](=O)[O-])ccc3Cl)o2)C(=O)O)nnc1-c1ccc(Cl)cc1. The largest absolute Gasteiger partial charge is 0.477 e. The summed E-state index contributed by atoms with van der Waals surface area (Å²) in [6, 6.07) is 14.2. The molecule has 0 aliphatic heterocycles. The molecule has 9 nitrogen and oxygen atoms in total. The first-order valence-electron chi connectivity index (χ1n) is 10.1. The van der Waals surface area contributed by atoms with E-state index < -0.39 is 10.9 Å². The highest BCUT2D eigenvalue weighted by atomic mass is 35.5. The van der Waals surface area contributed by atoms with Gasteiger partial charge in [0, 0.05) is 40.9 Å². The first-order valence-corrected chi connectivity index (χ1v) is 11.7. The summed E-state index contributed by atoms with van der Waals surface area (Å²) in [5, 5.41) is 30.5. The van der Waals surface area contributed by atoms with Gasteiger partial charge in [-0.15, -0.1) is 10.2 Å². The number of nitrogens with zero attached hydrogens (tertiary/aromatic N) is 4. The molecule has 0 saturated carbocycles. The summed E-state index contributed by atoms with van der Waals surface area (Å²) in [4.78, 5) is 22.5. The highest BCUT2D eigenvalue weighted by molar-refractivity contribution is 8.04. The molecule has 0 amide bonds. The number of aliphatic carboxylic acids is 1. The number of aromatic nitrogens is 3. The topological polar surface area (TPSA) is 124 Å². The molecule has 35 heavy (non-hydrogen) atoms. The van der Waals surface area contributed by atoms with E-state index in [0.717, 1.165) is 17.3 Å². The summed E-state index contributed by atoms with van der Waals surface area (Å²) in [7, 11) is 0. The lowest BCUT2D eigenvalue weighted by atomic mass is 10.1. The van der Waals surface area contributed by atoms with Crippen LogP contribution in [0.3, 0.4) is 0 Å². The summed E-state index contributed by atoms with van der Waals surface area (Å²) in [6.45, 7) is 2.41. The van der Waals surface area contributed by atoms with Crippen molar-refractivity contribution in [3.63, 3.8) is 0 Å². The fourth-order valence-corrected chi connectivity index (χ4v) is 4.42. The first kappa shape index (κ1) is 24.5. The van der Waals surface area contributed by atoms with E-state index in [9.17, 15) is 20.0 Å². The molecule has 178 valence electrons. The smallest absolute Gasteiger partial charge is 0.342 e. The molecule has 0 unspecified atom stereocenters. The standard InChI is InChI=1S/C23H16Cl2N4O5S/c1-2-28-21(13-3-5-14(24)6-4-13)26-27-23(28)35-20(22(30)31)12-16-8-10-19(34-16)17-11-15(29(32)33)7-9-18(17)25/h3-12H,2H2,1H3,(H,30,31)/b20-12-. The van der Waals surface area contributed by atoms with Gasteiger partial charge in [-0.3, -0.25) is 10.1 Å². The van der Waals surface area contributed by atoms with Crippen molar-refractivity contribution in [2.45, 2.75) is 18.6 Å². The second-order valence-electron chi connectivity index (χ2n) is 7.10. The van der Waals surface area contributed by atoms with Crippen LogP contribution in [0.5, 0.6) is 0 Å². The third-order valence-corrected chi connectivity index (χ3v) is 6.45. The average Bonchev–Trinajstić information content (AvgIpc) is 3.46. The molecule has 0 radical (unpaired) electrons. The van der Waals surface area contributed by atoms with Gasteiger partial charge < -0.3 is 14.1 Å². The van der Waals surface area contributed by atoms with E-state index in [2.05, 4.69) is 10.2 Å². The molecule has 4 aromatic rings. The second kappa shape index (κ2) is 10.3. The Morgan fingerprint density at radius 3 is 2.57 bits per heavy atom. The number of benzene rings is 2. The normalized spacial score (nSPS) is 11.6. The average molecular weight is 531 g/mol. The van der Waals surface area contributed by atoms with E-state index in [1.54, 1.807) is 28.8 Å². The van der Waals surface area contributed by atoms with Crippen LogP contribution in [0, 0.1) is 10.1 Å². The van der Waals surface area contributed by atoms with Gasteiger partial charge >= 0.3 is 5.97 Å². The summed E-state index contributed by atoms with van der Waals surface area (Å²) in [5.74, 6) is -0.105. The van der Waals surface area contributed by atoms with E-state index in [4.69, 9.17) is 27.6 Å². The van der Waals surface area contributed by atoms with Crippen molar-refractivity contribution < 1.29 is 19.2 Å². The van der Waals surface area contributed by atoms with Crippen molar-refractivity contribution >= 4 is 52.7 Å². The number of hydrogen-bond donors (Lipinski definition) is 1. The van der Waals surface area contributed by atoms with Gasteiger partial charge in [0.25, 0.3) is 5.69 Å². The number of nitro benzene ring substituents is 1. The molecule has 0 fully saturated rings. The van der Waals surface area contributed by atoms with Crippen LogP contribution in [-0.4, -0.2) is 30.8 Å². The maximum atomic E-state index is 12.0. The molecule has 0 aliphatic rings. The molecule has 2 heterocycles. The Bertz CT molecular complexity index is 1450. The van der Waals surface area contributed by atoms with Gasteiger partial charge in [-0.1, -0.05) is 23.2 Å². The number of halogens is 2. The summed E-state index contributed by atoms with van der Waals surface area (Å²) < 4.78 is 7.52. The van der Waals surface area contributed by atoms with Gasteiger partial charge in [-0.25, -0.2) is 4.79 Å². The van der Waals surface area contributed by atoms with E-state index in [1.165, 1.54) is 24.3 Å². The van der Waals surface area contributed by atoms with E-state index in [-0.39, 0.29) is 27.1 Å². The van der Waals surface area contributed by atoms with E-state index in [0.29, 0.717) is 28.1 Å². The maximum Gasteiger partial charge on any atom is 0.342 e. The monoisotopic (exact) mass is 530 g/mol. The van der Waals surface area contributed by atoms with E-state index in [1.807, 2.05) is 19.1 Å². The van der Waals surface area contributed by atoms with Crippen LogP contribution in [0.15, 0.2) is 69.1 Å². The number of hydrogen-bond acceptors (Lipinski definition) is 7. The molecular weight excluding hydrogens is 515 g/mol. The number of carbonyl (C=O) groups is 1. The summed E-state index contributed by atoms with van der Waals surface area (Å²) in [6.07, 6.45) is 1.35. The van der Waals surface area contributed by atoms with Crippen LogP contribution in [0.1, 0.15) is 12.7 Å². The lowest BCUT2D eigenvalue weighted by molar-refractivity contribution is -0.384. The molecule has 0 spiro atoms. The molecular formula is C23H16Cl2N4O5S. The van der Waals surface area contributed by atoms with Gasteiger partial charge in [0.05, 0.1) is 9.95 Å². The van der Waals surface area contributed by atoms with Crippen molar-refractivity contribution in [3.05, 3.63) is 85.4 Å². The predicted octanol–water partition coefficient (Wildman–Crippen LogP) is 6.66. The van der Waals surface area contributed by atoms with Crippen molar-refractivity contribution in [2.24, 2.45) is 0 Å². The van der Waals surface area contributed by atoms with Gasteiger partial charge in [0.2, 0.25) is 0 Å².